The molecule has 11 heteroatoms. The summed E-state index contributed by atoms with van der Waals surface area (Å²) in [5, 5.41) is 28.7. The lowest BCUT2D eigenvalue weighted by Crippen LogP contribution is -2.58. The fraction of sp³-hybridized carbons (Fsp3) is 0.294. The summed E-state index contributed by atoms with van der Waals surface area (Å²) in [6.07, 6.45) is 1.84. The molecule has 8 N–H and O–H groups in total. The van der Waals surface area contributed by atoms with Crippen molar-refractivity contribution in [2.75, 3.05) is 0 Å². The first-order valence-electron chi connectivity index (χ1n) is 14.8. The van der Waals surface area contributed by atoms with Crippen molar-refractivity contribution in [2.45, 2.75) is 57.3 Å². The molecule has 0 aliphatic rings. The highest BCUT2D eigenvalue weighted by atomic mass is 16.4. The lowest BCUT2D eigenvalue weighted by molar-refractivity contribution is -0.142. The molecule has 4 aromatic rings. The van der Waals surface area contributed by atoms with Crippen LogP contribution < -0.4 is 21.7 Å². The molecule has 0 spiro atoms. The molecule has 4 atom stereocenters. The zero-order chi connectivity index (χ0) is 32.5. The van der Waals surface area contributed by atoms with E-state index in [4.69, 9.17) is 5.73 Å². The van der Waals surface area contributed by atoms with E-state index in [1.165, 1.54) is 12.1 Å². The Morgan fingerprint density at radius 3 is 1.84 bits per heavy atom. The van der Waals surface area contributed by atoms with Gasteiger partial charge in [-0.2, -0.15) is 0 Å². The van der Waals surface area contributed by atoms with Crippen molar-refractivity contribution in [3.05, 3.63) is 102 Å². The van der Waals surface area contributed by atoms with E-state index in [1.807, 2.05) is 54.6 Å². The first kappa shape index (κ1) is 32.7. The third-order valence-electron chi connectivity index (χ3n) is 7.66. The van der Waals surface area contributed by atoms with E-state index in [0.29, 0.717) is 11.1 Å². The van der Waals surface area contributed by atoms with Crippen molar-refractivity contribution in [1.29, 1.82) is 0 Å². The Bertz CT molecular complexity index is 1620. The number of phenolic OH excluding ortho intramolecular Hbond substituents is 1. The Balaban J connectivity index is 1.58. The van der Waals surface area contributed by atoms with Gasteiger partial charge in [0.15, 0.2) is 0 Å². The number of carboxylic acids is 1. The fourth-order valence-electron chi connectivity index (χ4n) is 4.97. The molecule has 236 valence electrons. The number of H-pyrrole nitrogens is 1. The summed E-state index contributed by atoms with van der Waals surface area (Å²) < 4.78 is 0. The Morgan fingerprint density at radius 1 is 0.711 bits per heavy atom. The normalized spacial score (nSPS) is 13.9. The minimum absolute atomic E-state index is 0.00470. The smallest absolute Gasteiger partial charge is 0.326 e. The summed E-state index contributed by atoms with van der Waals surface area (Å²) in [4.78, 5) is 55.8. The van der Waals surface area contributed by atoms with E-state index in [9.17, 15) is 29.4 Å². The molecule has 3 aromatic carbocycles. The maximum absolute atomic E-state index is 13.8. The van der Waals surface area contributed by atoms with Crippen LogP contribution in [0.4, 0.5) is 0 Å². The van der Waals surface area contributed by atoms with E-state index in [-0.39, 0.29) is 30.9 Å². The van der Waals surface area contributed by atoms with Crippen molar-refractivity contribution in [2.24, 2.45) is 11.7 Å². The van der Waals surface area contributed by atoms with Crippen LogP contribution >= 0.6 is 0 Å². The van der Waals surface area contributed by atoms with Crippen LogP contribution in [0.1, 0.15) is 30.5 Å². The van der Waals surface area contributed by atoms with Gasteiger partial charge in [-0.15, -0.1) is 0 Å². The first-order valence-corrected chi connectivity index (χ1v) is 14.8. The average molecular weight is 614 g/mol. The first-order chi connectivity index (χ1) is 21.5. The lowest BCUT2D eigenvalue weighted by atomic mass is 10.00. The number of amides is 3. The van der Waals surface area contributed by atoms with Gasteiger partial charge in [-0.3, -0.25) is 14.4 Å². The van der Waals surface area contributed by atoms with Crippen LogP contribution in [0.5, 0.6) is 5.75 Å². The molecule has 45 heavy (non-hydrogen) atoms. The molecule has 0 bridgehead atoms. The van der Waals surface area contributed by atoms with E-state index in [0.717, 1.165) is 16.5 Å². The topological polar surface area (TPSA) is 187 Å². The molecule has 0 aliphatic heterocycles. The Morgan fingerprint density at radius 2 is 1.24 bits per heavy atom. The summed E-state index contributed by atoms with van der Waals surface area (Å²) >= 11 is 0. The van der Waals surface area contributed by atoms with Gasteiger partial charge < -0.3 is 36.9 Å². The number of nitrogens with one attached hydrogen (secondary N) is 4. The molecule has 1 aromatic heterocycles. The van der Waals surface area contributed by atoms with E-state index in [2.05, 4.69) is 20.9 Å². The van der Waals surface area contributed by atoms with Gasteiger partial charge in [0.05, 0.1) is 6.04 Å². The average Bonchev–Trinajstić information content (AvgIpc) is 3.43. The number of aromatic hydroxyl groups is 1. The van der Waals surface area contributed by atoms with Crippen LogP contribution in [0.15, 0.2) is 85.1 Å². The number of carbonyl (C=O) groups excluding carboxylic acids is 3. The number of carbonyl (C=O) groups is 4. The highest BCUT2D eigenvalue weighted by Gasteiger charge is 2.31. The number of aliphatic carboxylic acids is 1. The summed E-state index contributed by atoms with van der Waals surface area (Å²) in [6, 6.07) is 18.2. The van der Waals surface area contributed by atoms with Crippen LogP contribution in [0.25, 0.3) is 10.9 Å². The number of benzene rings is 3. The minimum atomic E-state index is -1.29. The zero-order valence-electron chi connectivity index (χ0n) is 25.2. The number of rotatable bonds is 14. The van der Waals surface area contributed by atoms with Crippen molar-refractivity contribution in [1.82, 2.24) is 20.9 Å². The predicted molar refractivity (Wildman–Crippen MR) is 170 cm³/mol. The van der Waals surface area contributed by atoms with Crippen LogP contribution in [-0.2, 0) is 38.4 Å². The number of hydrogen-bond acceptors (Lipinski definition) is 6. The summed E-state index contributed by atoms with van der Waals surface area (Å²) in [5.74, 6) is -3.24. The second-order valence-electron chi connectivity index (χ2n) is 11.4. The quantitative estimate of drug-likeness (QED) is 0.114. The molecule has 0 saturated carbocycles. The van der Waals surface area contributed by atoms with Crippen LogP contribution in [0.3, 0.4) is 0 Å². The monoisotopic (exact) mass is 613 g/mol. The van der Waals surface area contributed by atoms with Crippen LogP contribution in [0.2, 0.25) is 0 Å². The summed E-state index contributed by atoms with van der Waals surface area (Å²) in [7, 11) is 0. The van der Waals surface area contributed by atoms with Crippen molar-refractivity contribution in [3.63, 3.8) is 0 Å². The highest BCUT2D eigenvalue weighted by Crippen LogP contribution is 2.19. The fourth-order valence-corrected chi connectivity index (χ4v) is 4.97. The highest BCUT2D eigenvalue weighted by molar-refractivity contribution is 5.94. The van der Waals surface area contributed by atoms with E-state index >= 15 is 0 Å². The molecule has 0 radical (unpaired) electrons. The Kier molecular flexibility index (Phi) is 10.9. The summed E-state index contributed by atoms with van der Waals surface area (Å²) in [5.41, 5.74) is 8.99. The third kappa shape index (κ3) is 8.93. The minimum Gasteiger partial charge on any atom is -0.508 e. The second kappa shape index (κ2) is 15.0. The number of carboxylic acid groups (broad SMARTS) is 1. The molecule has 0 aliphatic carbocycles. The number of aromatic amines is 1. The molecule has 4 unspecified atom stereocenters. The SMILES string of the molecule is CC(C)C(N)C(=O)NC(Cc1ccccc1)C(=O)NC(Cc1ccc(O)cc1)C(=O)NC(Cc1c[nH]c2ccccc12)C(=O)O. The third-order valence-corrected chi connectivity index (χ3v) is 7.66. The Hall–Kier alpha value is -5.16. The van der Waals surface area contributed by atoms with Crippen LogP contribution in [0, 0.1) is 5.92 Å². The number of para-hydroxylation sites is 1. The lowest BCUT2D eigenvalue weighted by Gasteiger charge is -2.26. The van der Waals surface area contributed by atoms with Gasteiger partial charge in [-0.1, -0.05) is 74.5 Å². The molecule has 1 heterocycles. The van der Waals surface area contributed by atoms with Crippen molar-refractivity contribution >= 4 is 34.6 Å². The molecule has 3 amide bonds. The Labute approximate surface area is 261 Å². The standard InChI is InChI=1S/C34H39N5O6/c1-20(2)30(35)33(43)38-28(16-21-8-4-3-5-9-21)31(41)37-27(17-22-12-14-24(40)15-13-22)32(42)39-29(34(44)45)18-23-19-36-26-11-7-6-10-25(23)26/h3-15,19-20,27-30,36,40H,16-18,35H2,1-2H3,(H,37,41)(H,38,43)(H,39,42)(H,44,45). The molecule has 4 rings (SSSR count). The van der Waals surface area contributed by atoms with E-state index < -0.39 is 47.9 Å². The van der Waals surface area contributed by atoms with Crippen molar-refractivity contribution < 1.29 is 29.4 Å². The van der Waals surface area contributed by atoms with E-state index in [1.54, 1.807) is 32.2 Å². The van der Waals surface area contributed by atoms with Crippen molar-refractivity contribution in [3.8, 4) is 5.75 Å². The molecule has 0 saturated heterocycles. The van der Waals surface area contributed by atoms with Gasteiger partial charge in [0.1, 0.15) is 23.9 Å². The van der Waals surface area contributed by atoms with Gasteiger partial charge in [-0.25, -0.2) is 4.79 Å². The van der Waals surface area contributed by atoms with Gasteiger partial charge >= 0.3 is 5.97 Å². The largest absolute Gasteiger partial charge is 0.508 e. The van der Waals surface area contributed by atoms with Gasteiger partial charge in [-0.05, 0) is 40.8 Å². The molecular weight excluding hydrogens is 574 g/mol. The predicted octanol–water partition coefficient (Wildman–Crippen LogP) is 2.42. The summed E-state index contributed by atoms with van der Waals surface area (Å²) in [6.45, 7) is 3.59. The zero-order valence-corrected chi connectivity index (χ0v) is 25.2. The molecule has 11 nitrogen and oxygen atoms in total. The number of fused-ring (bicyclic) bond motifs is 1. The van der Waals surface area contributed by atoms with Crippen LogP contribution in [-0.4, -0.2) is 63.1 Å². The number of nitrogens with two attached hydrogens (primary N) is 1. The van der Waals surface area contributed by atoms with Gasteiger partial charge in [0.25, 0.3) is 0 Å². The number of hydrogen-bond donors (Lipinski definition) is 7. The number of phenols is 1. The maximum atomic E-state index is 13.8. The molecular formula is C34H39N5O6. The maximum Gasteiger partial charge on any atom is 0.326 e. The molecule has 0 fully saturated rings. The number of aromatic nitrogens is 1. The second-order valence-corrected chi connectivity index (χ2v) is 11.4. The van der Waals surface area contributed by atoms with Gasteiger partial charge in [0.2, 0.25) is 17.7 Å². The van der Waals surface area contributed by atoms with Gasteiger partial charge in [0, 0.05) is 36.4 Å².